The molecule has 0 radical (unpaired) electrons. The van der Waals surface area contributed by atoms with Crippen molar-refractivity contribution in [3.8, 4) is 11.5 Å². The topological polar surface area (TPSA) is 38.9 Å². The van der Waals surface area contributed by atoms with Gasteiger partial charge in [-0.15, -0.1) is 10.2 Å². The highest BCUT2D eigenvalue weighted by Gasteiger charge is 2.16. The van der Waals surface area contributed by atoms with Crippen molar-refractivity contribution in [3.05, 3.63) is 64.6 Å². The molecule has 0 aliphatic rings. The number of aromatic nitrogens is 2. The van der Waals surface area contributed by atoms with E-state index in [1.165, 1.54) is 5.56 Å². The van der Waals surface area contributed by atoms with Gasteiger partial charge in [-0.2, -0.15) is 0 Å². The molecule has 2 aromatic carbocycles. The van der Waals surface area contributed by atoms with Crippen molar-refractivity contribution in [3.63, 3.8) is 0 Å². The second-order valence-corrected chi connectivity index (χ2v) is 6.88. The lowest BCUT2D eigenvalue weighted by Crippen LogP contribution is -1.91. The van der Waals surface area contributed by atoms with Gasteiger partial charge in [-0.1, -0.05) is 64.9 Å². The molecule has 1 atom stereocenters. The highest BCUT2D eigenvalue weighted by Crippen LogP contribution is 2.37. The maximum absolute atomic E-state index is 5.79. The zero-order valence-corrected chi connectivity index (χ0v) is 14.5. The third-order valence-corrected chi connectivity index (χ3v) is 5.07. The summed E-state index contributed by atoms with van der Waals surface area (Å²) in [5.74, 6) is 0.554. The van der Waals surface area contributed by atoms with Gasteiger partial charge in [0.15, 0.2) is 0 Å². The summed E-state index contributed by atoms with van der Waals surface area (Å²) >= 11 is 5.03. The summed E-state index contributed by atoms with van der Waals surface area (Å²) in [4.78, 5) is 0. The molecule has 5 heteroatoms. The summed E-state index contributed by atoms with van der Waals surface area (Å²) in [6, 6.07) is 18.2. The minimum Gasteiger partial charge on any atom is -0.411 e. The van der Waals surface area contributed by atoms with Crippen LogP contribution in [-0.4, -0.2) is 10.2 Å². The molecule has 0 saturated heterocycles. The molecule has 0 spiro atoms. The smallest absolute Gasteiger partial charge is 0.277 e. The van der Waals surface area contributed by atoms with Gasteiger partial charge < -0.3 is 4.42 Å². The van der Waals surface area contributed by atoms with Gasteiger partial charge in [0, 0.05) is 15.3 Å². The van der Waals surface area contributed by atoms with Gasteiger partial charge in [-0.05, 0) is 36.2 Å². The number of halogens is 1. The molecule has 1 unspecified atom stereocenters. The fraction of sp³-hybridized carbons (Fsp3) is 0.176. The molecule has 112 valence electrons. The van der Waals surface area contributed by atoms with Crippen molar-refractivity contribution in [2.24, 2.45) is 0 Å². The summed E-state index contributed by atoms with van der Waals surface area (Å²) < 4.78 is 6.82. The van der Waals surface area contributed by atoms with E-state index in [1.807, 2.05) is 30.3 Å². The van der Waals surface area contributed by atoms with Gasteiger partial charge in [-0.25, -0.2) is 0 Å². The quantitative estimate of drug-likeness (QED) is 0.533. The fourth-order valence-electron chi connectivity index (χ4n) is 2.14. The van der Waals surface area contributed by atoms with Crippen molar-refractivity contribution in [2.45, 2.75) is 23.8 Å². The van der Waals surface area contributed by atoms with Crippen molar-refractivity contribution >= 4 is 27.7 Å². The number of hydrogen-bond acceptors (Lipinski definition) is 4. The zero-order chi connectivity index (χ0) is 15.4. The summed E-state index contributed by atoms with van der Waals surface area (Å²) in [6.07, 6.45) is 1.00. The lowest BCUT2D eigenvalue weighted by Gasteiger charge is -2.11. The second kappa shape index (κ2) is 7.11. The van der Waals surface area contributed by atoms with E-state index < -0.39 is 0 Å². The molecule has 1 aromatic heterocycles. The van der Waals surface area contributed by atoms with Crippen molar-refractivity contribution in [1.29, 1.82) is 0 Å². The van der Waals surface area contributed by atoms with Crippen molar-refractivity contribution in [2.75, 3.05) is 0 Å². The van der Waals surface area contributed by atoms with Crippen LogP contribution in [0.1, 0.15) is 24.2 Å². The van der Waals surface area contributed by atoms with E-state index in [-0.39, 0.29) is 0 Å². The molecule has 0 amide bonds. The van der Waals surface area contributed by atoms with Crippen LogP contribution in [0, 0.1) is 0 Å². The molecule has 3 aromatic rings. The predicted octanol–water partition coefficient (Wildman–Crippen LogP) is 5.74. The average Bonchev–Trinajstić information content (AvgIpc) is 3.03. The number of thioether (sulfide) groups is 1. The van der Waals surface area contributed by atoms with Crippen molar-refractivity contribution in [1.82, 2.24) is 10.2 Å². The third kappa shape index (κ3) is 3.59. The van der Waals surface area contributed by atoms with Crippen LogP contribution in [0.3, 0.4) is 0 Å². The summed E-state index contributed by atoms with van der Waals surface area (Å²) in [7, 11) is 0. The summed E-state index contributed by atoms with van der Waals surface area (Å²) in [5, 5.41) is 9.23. The molecule has 3 rings (SSSR count). The molecule has 0 saturated carbocycles. The van der Waals surface area contributed by atoms with Crippen molar-refractivity contribution < 1.29 is 4.42 Å². The molecular formula is C17H15BrN2OS. The van der Waals surface area contributed by atoms with Gasteiger partial charge in [0.05, 0.1) is 0 Å². The Kier molecular flexibility index (Phi) is 4.95. The molecule has 1 heterocycles. The van der Waals surface area contributed by atoms with E-state index in [0.717, 1.165) is 16.5 Å². The van der Waals surface area contributed by atoms with Crippen LogP contribution in [0.15, 0.2) is 68.7 Å². The molecule has 0 aliphatic carbocycles. The molecule has 0 N–H and O–H groups in total. The first-order chi connectivity index (χ1) is 10.8. The van der Waals surface area contributed by atoms with Gasteiger partial charge in [0.25, 0.3) is 5.22 Å². The average molecular weight is 375 g/mol. The second-order valence-electron chi connectivity index (χ2n) is 4.81. The Morgan fingerprint density at radius 2 is 1.77 bits per heavy atom. The molecular weight excluding hydrogens is 360 g/mol. The number of hydrogen-bond donors (Lipinski definition) is 0. The standard InChI is InChI=1S/C17H15BrN2OS/c1-2-15(12-6-4-3-5-7-12)22-17-20-19-16(21-17)13-8-10-14(18)11-9-13/h3-11,15H,2H2,1H3. The zero-order valence-electron chi connectivity index (χ0n) is 12.1. The normalized spacial score (nSPS) is 12.3. The predicted molar refractivity (Wildman–Crippen MR) is 92.8 cm³/mol. The van der Waals surface area contributed by atoms with Gasteiger partial charge in [-0.3, -0.25) is 0 Å². The largest absolute Gasteiger partial charge is 0.411 e. The van der Waals surface area contributed by atoms with Crippen LogP contribution >= 0.6 is 27.7 Å². The minimum atomic E-state index is 0.319. The lowest BCUT2D eigenvalue weighted by atomic mass is 10.1. The summed E-state index contributed by atoms with van der Waals surface area (Å²) in [5.41, 5.74) is 2.20. The van der Waals surface area contributed by atoms with Crippen LogP contribution in [-0.2, 0) is 0 Å². The molecule has 0 fully saturated rings. The number of nitrogens with zero attached hydrogens (tertiary/aromatic N) is 2. The first-order valence-electron chi connectivity index (χ1n) is 7.07. The fourth-order valence-corrected chi connectivity index (χ4v) is 3.33. The molecule has 0 bridgehead atoms. The van der Waals surface area contributed by atoms with Crippen LogP contribution < -0.4 is 0 Å². The molecule has 0 aliphatic heterocycles. The Balaban J connectivity index is 1.77. The highest BCUT2D eigenvalue weighted by atomic mass is 79.9. The Morgan fingerprint density at radius 3 is 2.45 bits per heavy atom. The minimum absolute atomic E-state index is 0.319. The van der Waals surface area contributed by atoms with E-state index in [4.69, 9.17) is 4.42 Å². The SMILES string of the molecule is CCC(Sc1nnc(-c2ccc(Br)cc2)o1)c1ccccc1. The van der Waals surface area contributed by atoms with Crippen LogP contribution in [0.5, 0.6) is 0 Å². The molecule has 3 nitrogen and oxygen atoms in total. The maximum atomic E-state index is 5.79. The van der Waals surface area contributed by atoms with E-state index >= 15 is 0 Å². The van der Waals surface area contributed by atoms with Crippen LogP contribution in [0.2, 0.25) is 0 Å². The van der Waals surface area contributed by atoms with E-state index in [1.54, 1.807) is 11.8 Å². The highest BCUT2D eigenvalue weighted by molar-refractivity contribution is 9.10. The Hall–Kier alpha value is -1.59. The van der Waals surface area contributed by atoms with Crippen LogP contribution in [0.4, 0.5) is 0 Å². The monoisotopic (exact) mass is 374 g/mol. The summed E-state index contributed by atoms with van der Waals surface area (Å²) in [6.45, 7) is 2.16. The Morgan fingerprint density at radius 1 is 1.05 bits per heavy atom. The maximum Gasteiger partial charge on any atom is 0.277 e. The first kappa shape index (κ1) is 15.3. The third-order valence-electron chi connectivity index (χ3n) is 3.28. The molecule has 22 heavy (non-hydrogen) atoms. The van der Waals surface area contributed by atoms with Crippen LogP contribution in [0.25, 0.3) is 11.5 Å². The van der Waals surface area contributed by atoms with Gasteiger partial charge >= 0.3 is 0 Å². The van der Waals surface area contributed by atoms with E-state index in [9.17, 15) is 0 Å². The van der Waals surface area contributed by atoms with E-state index in [0.29, 0.717) is 16.4 Å². The van der Waals surface area contributed by atoms with E-state index in [2.05, 4.69) is 57.3 Å². The lowest BCUT2D eigenvalue weighted by molar-refractivity contribution is 0.464. The Labute approximate surface area is 142 Å². The Bertz CT molecular complexity index is 728. The van der Waals surface area contributed by atoms with Gasteiger partial charge in [0.1, 0.15) is 0 Å². The van der Waals surface area contributed by atoms with Gasteiger partial charge in [0.2, 0.25) is 5.89 Å². The number of rotatable bonds is 5. The number of benzene rings is 2. The first-order valence-corrected chi connectivity index (χ1v) is 8.74.